The first-order chi connectivity index (χ1) is 5.25. The van der Waals surface area contributed by atoms with Crippen molar-refractivity contribution in [3.63, 3.8) is 0 Å². The van der Waals surface area contributed by atoms with E-state index in [1.54, 1.807) is 0 Å². The summed E-state index contributed by atoms with van der Waals surface area (Å²) in [5.74, 6) is 0. The summed E-state index contributed by atoms with van der Waals surface area (Å²) in [5.41, 5.74) is -0.121. The van der Waals surface area contributed by atoms with Gasteiger partial charge in [0.1, 0.15) is 0 Å². The molecule has 2 fully saturated rings. The van der Waals surface area contributed by atoms with E-state index in [-0.39, 0.29) is 5.54 Å². The van der Waals surface area contributed by atoms with E-state index in [0.717, 1.165) is 12.8 Å². The molecule has 62 valence electrons. The Balaban J connectivity index is 2.10. The van der Waals surface area contributed by atoms with Crippen LogP contribution in [0.25, 0.3) is 0 Å². The van der Waals surface area contributed by atoms with E-state index in [9.17, 15) is 4.79 Å². The molecule has 0 aromatic heterocycles. The predicted molar refractivity (Wildman–Crippen MR) is 37.5 cm³/mol. The van der Waals surface area contributed by atoms with E-state index in [2.05, 4.69) is 0 Å². The minimum absolute atomic E-state index is 0.121. The Labute approximate surface area is 64.7 Å². The number of rotatable bonds is 0. The van der Waals surface area contributed by atoms with Gasteiger partial charge < -0.3 is 9.84 Å². The third-order valence-electron chi connectivity index (χ3n) is 2.46. The van der Waals surface area contributed by atoms with Crippen LogP contribution in [0.1, 0.15) is 12.8 Å². The number of amides is 1. The van der Waals surface area contributed by atoms with Crippen LogP contribution in [0.2, 0.25) is 0 Å². The van der Waals surface area contributed by atoms with Crippen molar-refractivity contribution in [2.45, 2.75) is 18.4 Å². The van der Waals surface area contributed by atoms with Crippen molar-refractivity contribution in [2.75, 3.05) is 19.8 Å². The van der Waals surface area contributed by atoms with Crippen LogP contribution in [0.15, 0.2) is 0 Å². The minimum Gasteiger partial charge on any atom is -0.465 e. The molecule has 4 nitrogen and oxygen atoms in total. The van der Waals surface area contributed by atoms with Gasteiger partial charge in [0.05, 0.1) is 18.8 Å². The van der Waals surface area contributed by atoms with Crippen molar-refractivity contribution >= 4 is 6.09 Å². The molecule has 1 amide bonds. The number of ether oxygens (including phenoxy) is 1. The zero-order valence-electron chi connectivity index (χ0n) is 6.25. The van der Waals surface area contributed by atoms with Crippen molar-refractivity contribution in [1.29, 1.82) is 0 Å². The van der Waals surface area contributed by atoms with Crippen LogP contribution in [0.4, 0.5) is 4.79 Å². The summed E-state index contributed by atoms with van der Waals surface area (Å²) in [6.45, 7) is 1.68. The molecule has 0 radical (unpaired) electrons. The Morgan fingerprint density at radius 3 is 2.73 bits per heavy atom. The number of hydrogen-bond acceptors (Lipinski definition) is 2. The molecule has 1 saturated carbocycles. The second kappa shape index (κ2) is 2.11. The number of morpholine rings is 1. The van der Waals surface area contributed by atoms with Gasteiger partial charge in [-0.2, -0.15) is 0 Å². The molecule has 1 N–H and O–H groups in total. The van der Waals surface area contributed by atoms with Gasteiger partial charge in [0.25, 0.3) is 0 Å². The predicted octanol–water partition coefficient (Wildman–Crippen LogP) is 0.529. The highest BCUT2D eigenvalue weighted by molar-refractivity contribution is 5.67. The summed E-state index contributed by atoms with van der Waals surface area (Å²) < 4.78 is 5.22. The first-order valence-corrected chi connectivity index (χ1v) is 3.83. The van der Waals surface area contributed by atoms with E-state index >= 15 is 0 Å². The topological polar surface area (TPSA) is 49.8 Å². The number of carboxylic acid groups (broad SMARTS) is 1. The van der Waals surface area contributed by atoms with E-state index < -0.39 is 6.09 Å². The van der Waals surface area contributed by atoms with Gasteiger partial charge in [0.15, 0.2) is 0 Å². The summed E-state index contributed by atoms with van der Waals surface area (Å²) in [6, 6.07) is 0. The van der Waals surface area contributed by atoms with Gasteiger partial charge in [-0.1, -0.05) is 0 Å². The summed E-state index contributed by atoms with van der Waals surface area (Å²) >= 11 is 0. The lowest BCUT2D eigenvalue weighted by Gasteiger charge is -2.33. The monoisotopic (exact) mass is 157 g/mol. The summed E-state index contributed by atoms with van der Waals surface area (Å²) in [7, 11) is 0. The zero-order chi connectivity index (χ0) is 7.90. The van der Waals surface area contributed by atoms with Crippen molar-refractivity contribution in [2.24, 2.45) is 0 Å². The van der Waals surface area contributed by atoms with Crippen molar-refractivity contribution in [3.8, 4) is 0 Å². The lowest BCUT2D eigenvalue weighted by molar-refractivity contribution is -0.0111. The highest BCUT2D eigenvalue weighted by atomic mass is 16.5. The van der Waals surface area contributed by atoms with Gasteiger partial charge >= 0.3 is 6.09 Å². The van der Waals surface area contributed by atoms with Crippen LogP contribution in [0, 0.1) is 0 Å². The smallest absolute Gasteiger partial charge is 0.407 e. The summed E-state index contributed by atoms with van der Waals surface area (Å²) in [4.78, 5) is 12.2. The van der Waals surface area contributed by atoms with E-state index in [1.807, 2.05) is 0 Å². The molecule has 0 aromatic carbocycles. The maximum Gasteiger partial charge on any atom is 0.407 e. The van der Waals surface area contributed by atoms with Crippen molar-refractivity contribution < 1.29 is 14.6 Å². The summed E-state index contributed by atoms with van der Waals surface area (Å²) in [6.07, 6.45) is 1.14. The Bertz CT molecular complexity index is 188. The first kappa shape index (κ1) is 6.91. The van der Waals surface area contributed by atoms with Crippen molar-refractivity contribution in [1.82, 2.24) is 4.90 Å². The SMILES string of the molecule is O=C(O)N1CCOCC12CC2. The highest BCUT2D eigenvalue weighted by Crippen LogP contribution is 2.43. The molecule has 0 bridgehead atoms. The molecular weight excluding hydrogens is 146 g/mol. The molecule has 4 heteroatoms. The van der Waals surface area contributed by atoms with Crippen LogP contribution in [-0.4, -0.2) is 41.4 Å². The molecular formula is C7H11NO3. The Hall–Kier alpha value is -0.770. The normalized spacial score (nSPS) is 27.1. The van der Waals surface area contributed by atoms with Crippen LogP contribution in [-0.2, 0) is 4.74 Å². The molecule has 1 saturated heterocycles. The van der Waals surface area contributed by atoms with Gasteiger partial charge in [-0.25, -0.2) is 4.79 Å². The van der Waals surface area contributed by atoms with Crippen LogP contribution < -0.4 is 0 Å². The van der Waals surface area contributed by atoms with Gasteiger partial charge in [-0.3, -0.25) is 4.90 Å². The second-order valence-corrected chi connectivity index (χ2v) is 3.21. The highest BCUT2D eigenvalue weighted by Gasteiger charge is 2.52. The number of carbonyl (C=O) groups is 1. The minimum atomic E-state index is -0.800. The molecule has 1 aliphatic carbocycles. The number of nitrogens with zero attached hydrogens (tertiary/aromatic N) is 1. The number of hydrogen-bond donors (Lipinski definition) is 1. The lowest BCUT2D eigenvalue weighted by Crippen LogP contribution is -2.50. The van der Waals surface area contributed by atoms with Crippen LogP contribution in [0.5, 0.6) is 0 Å². The molecule has 0 aromatic rings. The molecule has 11 heavy (non-hydrogen) atoms. The standard InChI is InChI=1S/C7H11NO3/c9-6(10)8-3-4-11-5-7(8)1-2-7/h1-5H2,(H,9,10). The van der Waals surface area contributed by atoms with Crippen LogP contribution >= 0.6 is 0 Å². The molecule has 1 aliphatic heterocycles. The molecule has 0 atom stereocenters. The third kappa shape index (κ3) is 0.976. The van der Waals surface area contributed by atoms with E-state index in [1.165, 1.54) is 4.90 Å². The third-order valence-corrected chi connectivity index (χ3v) is 2.46. The Morgan fingerprint density at radius 2 is 2.27 bits per heavy atom. The molecule has 0 unspecified atom stereocenters. The molecule has 1 spiro atoms. The average Bonchev–Trinajstić information content (AvgIpc) is 2.70. The maximum atomic E-state index is 10.7. The average molecular weight is 157 g/mol. The van der Waals surface area contributed by atoms with Gasteiger partial charge in [0.2, 0.25) is 0 Å². The first-order valence-electron chi connectivity index (χ1n) is 3.83. The lowest BCUT2D eigenvalue weighted by atomic mass is 10.2. The fourth-order valence-electron chi connectivity index (χ4n) is 1.59. The Kier molecular flexibility index (Phi) is 1.32. The van der Waals surface area contributed by atoms with Gasteiger partial charge in [-0.15, -0.1) is 0 Å². The van der Waals surface area contributed by atoms with Gasteiger partial charge in [0, 0.05) is 6.54 Å². The molecule has 2 rings (SSSR count). The van der Waals surface area contributed by atoms with E-state index in [4.69, 9.17) is 9.84 Å². The quantitative estimate of drug-likeness (QED) is 0.558. The Morgan fingerprint density at radius 1 is 1.55 bits per heavy atom. The largest absolute Gasteiger partial charge is 0.465 e. The second-order valence-electron chi connectivity index (χ2n) is 3.21. The molecule has 2 aliphatic rings. The fraction of sp³-hybridized carbons (Fsp3) is 0.857. The van der Waals surface area contributed by atoms with Crippen LogP contribution in [0.3, 0.4) is 0 Å². The molecule has 1 heterocycles. The van der Waals surface area contributed by atoms with Gasteiger partial charge in [-0.05, 0) is 12.8 Å². The zero-order valence-corrected chi connectivity index (χ0v) is 6.25. The van der Waals surface area contributed by atoms with E-state index in [0.29, 0.717) is 19.8 Å². The fourth-order valence-corrected chi connectivity index (χ4v) is 1.59. The maximum absolute atomic E-state index is 10.7. The van der Waals surface area contributed by atoms with Crippen molar-refractivity contribution in [3.05, 3.63) is 0 Å². The summed E-state index contributed by atoms with van der Waals surface area (Å²) in [5, 5.41) is 8.78.